The van der Waals surface area contributed by atoms with E-state index in [9.17, 15) is 18.0 Å². The maximum absolute atomic E-state index is 12.7. The summed E-state index contributed by atoms with van der Waals surface area (Å²) >= 11 is 0.974. The average Bonchev–Trinajstić information content (AvgIpc) is 2.85. The zero-order valence-electron chi connectivity index (χ0n) is 10.9. The molecule has 112 valence electrons. The average molecular weight is 316 g/mol. The van der Waals surface area contributed by atoms with E-state index in [1.54, 1.807) is 12.3 Å². The normalized spacial score (nSPS) is 11.4. The molecule has 0 aliphatic heterocycles. The fourth-order valence-electron chi connectivity index (χ4n) is 1.66. The van der Waals surface area contributed by atoms with E-state index in [0.717, 1.165) is 23.5 Å². The number of halogens is 3. The third-order valence-electron chi connectivity index (χ3n) is 2.76. The number of carboxylic acids is 1. The zero-order chi connectivity index (χ0) is 15.6. The number of nitrogens with one attached hydrogen (secondary N) is 1. The van der Waals surface area contributed by atoms with Crippen molar-refractivity contribution in [3.8, 4) is 0 Å². The molecule has 2 aromatic rings. The molecule has 0 radical (unpaired) electrons. The molecule has 4 nitrogen and oxygen atoms in total. The number of alkyl halides is 3. The van der Waals surface area contributed by atoms with Crippen LogP contribution < -0.4 is 5.32 Å². The predicted octanol–water partition coefficient (Wildman–Crippen LogP) is 3.78. The molecule has 2 N–H and O–H groups in total. The third-order valence-corrected chi connectivity index (χ3v) is 3.64. The van der Waals surface area contributed by atoms with Gasteiger partial charge in [0.2, 0.25) is 5.01 Å². The molecule has 0 saturated heterocycles. The lowest BCUT2D eigenvalue weighted by Gasteiger charge is -2.12. The number of hydrogen-bond acceptors (Lipinski definition) is 4. The lowest BCUT2D eigenvalue weighted by molar-refractivity contribution is -0.137. The van der Waals surface area contributed by atoms with E-state index in [1.807, 2.05) is 0 Å². The molecule has 0 fully saturated rings. The van der Waals surface area contributed by atoms with Gasteiger partial charge in [-0.2, -0.15) is 13.2 Å². The van der Waals surface area contributed by atoms with Crippen LogP contribution in [0.4, 0.5) is 18.9 Å². The molecule has 0 saturated carbocycles. The number of aromatic nitrogens is 1. The molecule has 0 amide bonds. The maximum atomic E-state index is 12.7. The summed E-state index contributed by atoms with van der Waals surface area (Å²) in [5.41, 5.74) is 0.737. The second kappa shape index (κ2) is 5.72. The van der Waals surface area contributed by atoms with E-state index >= 15 is 0 Å². The van der Waals surface area contributed by atoms with Crippen LogP contribution in [0, 0.1) is 6.92 Å². The molecule has 1 aromatic carbocycles. The van der Waals surface area contributed by atoms with Crippen LogP contribution in [-0.2, 0) is 12.7 Å². The summed E-state index contributed by atoms with van der Waals surface area (Å²) in [5, 5.41) is 13.1. The molecular weight excluding hydrogens is 305 g/mol. The van der Waals surface area contributed by atoms with Gasteiger partial charge in [-0.1, -0.05) is 6.07 Å². The highest BCUT2D eigenvalue weighted by Gasteiger charge is 2.30. The number of rotatable bonds is 4. The van der Waals surface area contributed by atoms with Crippen molar-refractivity contribution in [1.82, 2.24) is 4.98 Å². The third kappa shape index (κ3) is 3.72. The fraction of sp³-hybridized carbons (Fsp3) is 0.231. The first-order valence-corrected chi connectivity index (χ1v) is 6.75. The SMILES string of the molecule is Cc1ccc(C(F)(F)F)cc1NCc1csc(C(=O)O)n1. The molecule has 0 atom stereocenters. The summed E-state index contributed by atoms with van der Waals surface area (Å²) in [6.45, 7) is 1.85. The van der Waals surface area contributed by atoms with E-state index in [1.165, 1.54) is 6.07 Å². The Hall–Kier alpha value is -2.09. The molecule has 8 heteroatoms. The van der Waals surface area contributed by atoms with Gasteiger partial charge in [0, 0.05) is 11.1 Å². The quantitative estimate of drug-likeness (QED) is 0.901. The first-order valence-electron chi connectivity index (χ1n) is 5.87. The van der Waals surface area contributed by atoms with Crippen molar-refractivity contribution in [3.63, 3.8) is 0 Å². The van der Waals surface area contributed by atoms with Crippen LogP contribution in [0.1, 0.15) is 26.6 Å². The van der Waals surface area contributed by atoms with Gasteiger partial charge in [-0.25, -0.2) is 9.78 Å². The number of carboxylic acid groups (broad SMARTS) is 1. The summed E-state index contributed by atoms with van der Waals surface area (Å²) in [7, 11) is 0. The topological polar surface area (TPSA) is 62.2 Å². The lowest BCUT2D eigenvalue weighted by atomic mass is 10.1. The summed E-state index contributed by atoms with van der Waals surface area (Å²) < 4.78 is 38.0. The van der Waals surface area contributed by atoms with Gasteiger partial charge in [-0.3, -0.25) is 0 Å². The molecule has 0 spiro atoms. The van der Waals surface area contributed by atoms with Gasteiger partial charge in [0.05, 0.1) is 17.8 Å². The second-order valence-electron chi connectivity index (χ2n) is 4.33. The molecule has 21 heavy (non-hydrogen) atoms. The van der Waals surface area contributed by atoms with E-state index in [0.29, 0.717) is 16.9 Å². The van der Waals surface area contributed by atoms with Crippen molar-refractivity contribution < 1.29 is 23.1 Å². The van der Waals surface area contributed by atoms with Gasteiger partial charge in [0.25, 0.3) is 0 Å². The zero-order valence-corrected chi connectivity index (χ0v) is 11.7. The Labute approximate surface area is 122 Å². The number of aromatic carboxylic acids is 1. The summed E-state index contributed by atoms with van der Waals surface area (Å²) in [6.07, 6.45) is -4.40. The Morgan fingerprint density at radius 2 is 2.14 bits per heavy atom. The number of anilines is 1. The second-order valence-corrected chi connectivity index (χ2v) is 5.19. The van der Waals surface area contributed by atoms with Crippen molar-refractivity contribution in [2.45, 2.75) is 19.6 Å². The van der Waals surface area contributed by atoms with Crippen LogP contribution in [0.2, 0.25) is 0 Å². The molecule has 1 heterocycles. The monoisotopic (exact) mass is 316 g/mol. The number of thiazole rings is 1. The smallest absolute Gasteiger partial charge is 0.416 e. The van der Waals surface area contributed by atoms with E-state index < -0.39 is 17.7 Å². The maximum Gasteiger partial charge on any atom is 0.416 e. The highest BCUT2D eigenvalue weighted by atomic mass is 32.1. The van der Waals surface area contributed by atoms with Gasteiger partial charge in [0.1, 0.15) is 0 Å². The van der Waals surface area contributed by atoms with Crippen LogP contribution in [0.3, 0.4) is 0 Å². The van der Waals surface area contributed by atoms with Crippen molar-refractivity contribution >= 4 is 23.0 Å². The molecule has 0 unspecified atom stereocenters. The molecule has 2 rings (SSSR count). The molecule has 1 aromatic heterocycles. The summed E-state index contributed by atoms with van der Waals surface area (Å²) in [6, 6.07) is 3.43. The van der Waals surface area contributed by atoms with Gasteiger partial charge < -0.3 is 10.4 Å². The van der Waals surface area contributed by atoms with Crippen LogP contribution in [0.5, 0.6) is 0 Å². The van der Waals surface area contributed by atoms with Gasteiger partial charge >= 0.3 is 12.1 Å². The number of hydrogen-bond donors (Lipinski definition) is 2. The first kappa shape index (κ1) is 15.3. The van der Waals surface area contributed by atoms with Gasteiger partial charge in [-0.05, 0) is 24.6 Å². The standard InChI is InChI=1S/C13H11F3N2O2S/c1-7-2-3-8(13(14,15)16)4-10(7)17-5-9-6-21-11(18-9)12(19)20/h2-4,6,17H,5H2,1H3,(H,19,20). The number of aryl methyl sites for hydroxylation is 1. The highest BCUT2D eigenvalue weighted by molar-refractivity contribution is 7.11. The van der Waals surface area contributed by atoms with Crippen molar-refractivity contribution in [1.29, 1.82) is 0 Å². The van der Waals surface area contributed by atoms with Gasteiger partial charge in [-0.15, -0.1) is 11.3 Å². The molecule has 0 aliphatic carbocycles. The minimum Gasteiger partial charge on any atom is -0.476 e. The summed E-state index contributed by atoms with van der Waals surface area (Å²) in [4.78, 5) is 14.6. The summed E-state index contributed by atoms with van der Waals surface area (Å²) in [5.74, 6) is -1.12. The highest BCUT2D eigenvalue weighted by Crippen LogP contribution is 2.32. The fourth-order valence-corrected chi connectivity index (χ4v) is 2.32. The van der Waals surface area contributed by atoms with Crippen LogP contribution >= 0.6 is 11.3 Å². The first-order chi connectivity index (χ1) is 9.77. The number of benzene rings is 1. The minimum atomic E-state index is -4.40. The Morgan fingerprint density at radius 3 is 2.71 bits per heavy atom. The van der Waals surface area contributed by atoms with Gasteiger partial charge in [0.15, 0.2) is 0 Å². The number of carbonyl (C=O) groups is 1. The Morgan fingerprint density at radius 1 is 1.43 bits per heavy atom. The Bertz CT molecular complexity index is 668. The Balaban J connectivity index is 2.13. The Kier molecular flexibility index (Phi) is 4.17. The van der Waals surface area contributed by atoms with Crippen molar-refractivity contribution in [2.24, 2.45) is 0 Å². The van der Waals surface area contributed by atoms with E-state index in [4.69, 9.17) is 5.11 Å². The largest absolute Gasteiger partial charge is 0.476 e. The molecule has 0 aliphatic rings. The minimum absolute atomic E-state index is 0.0486. The van der Waals surface area contributed by atoms with E-state index in [2.05, 4.69) is 10.3 Å². The number of nitrogens with zero attached hydrogens (tertiary/aromatic N) is 1. The molecular formula is C13H11F3N2O2S. The predicted molar refractivity (Wildman–Crippen MR) is 72.6 cm³/mol. The van der Waals surface area contributed by atoms with Crippen LogP contribution in [0.15, 0.2) is 23.6 Å². The van der Waals surface area contributed by atoms with E-state index in [-0.39, 0.29) is 11.6 Å². The van der Waals surface area contributed by atoms with Crippen molar-refractivity contribution in [3.05, 3.63) is 45.4 Å². The molecule has 0 bridgehead atoms. The van der Waals surface area contributed by atoms with Crippen molar-refractivity contribution in [2.75, 3.05) is 5.32 Å². The van der Waals surface area contributed by atoms with Crippen LogP contribution in [-0.4, -0.2) is 16.1 Å². The van der Waals surface area contributed by atoms with Crippen LogP contribution in [0.25, 0.3) is 0 Å². The lowest BCUT2D eigenvalue weighted by Crippen LogP contribution is -2.08.